The van der Waals surface area contributed by atoms with E-state index in [1.165, 1.54) is 11.6 Å². The quantitative estimate of drug-likeness (QED) is 0.477. The van der Waals surface area contributed by atoms with Gasteiger partial charge in [0.25, 0.3) is 15.9 Å². The second-order valence-electron chi connectivity index (χ2n) is 9.52. The molecule has 1 atom stereocenters. The van der Waals surface area contributed by atoms with E-state index in [2.05, 4.69) is 42.9 Å². The zero-order valence-electron chi connectivity index (χ0n) is 20.1. The van der Waals surface area contributed by atoms with E-state index in [0.29, 0.717) is 16.8 Å². The van der Waals surface area contributed by atoms with Crippen molar-refractivity contribution in [2.75, 3.05) is 4.72 Å². The smallest absolute Gasteiger partial charge is 0.262 e. The summed E-state index contributed by atoms with van der Waals surface area (Å²) in [7, 11) is -3.85. The summed E-state index contributed by atoms with van der Waals surface area (Å²) < 4.78 is 28.7. The van der Waals surface area contributed by atoms with Crippen LogP contribution in [0.5, 0.6) is 0 Å². The molecule has 0 spiro atoms. The van der Waals surface area contributed by atoms with Crippen molar-refractivity contribution in [2.24, 2.45) is 0 Å². The van der Waals surface area contributed by atoms with E-state index in [-0.39, 0.29) is 22.3 Å². The third kappa shape index (κ3) is 6.02. The lowest BCUT2D eigenvalue weighted by Crippen LogP contribution is -2.27. The second-order valence-corrected chi connectivity index (χ2v) is 11.2. The van der Waals surface area contributed by atoms with Gasteiger partial charge in [-0.2, -0.15) is 0 Å². The highest BCUT2D eigenvalue weighted by Gasteiger charge is 2.21. The van der Waals surface area contributed by atoms with E-state index in [1.807, 2.05) is 32.0 Å². The molecule has 0 saturated heterocycles. The van der Waals surface area contributed by atoms with Crippen molar-refractivity contribution >= 4 is 21.6 Å². The maximum atomic E-state index is 13.0. The van der Waals surface area contributed by atoms with Crippen molar-refractivity contribution in [3.63, 3.8) is 0 Å². The van der Waals surface area contributed by atoms with Gasteiger partial charge in [-0.15, -0.1) is 0 Å². The molecular formula is C27H32N2O3S. The molecule has 0 unspecified atom stereocenters. The van der Waals surface area contributed by atoms with Crippen LogP contribution in [0, 0.1) is 13.8 Å². The number of aryl methyl sites for hydroxylation is 2. The summed E-state index contributed by atoms with van der Waals surface area (Å²) >= 11 is 0. The summed E-state index contributed by atoms with van der Waals surface area (Å²) in [4.78, 5) is 13.0. The average Bonchev–Trinajstić information content (AvgIpc) is 2.73. The van der Waals surface area contributed by atoms with Crippen molar-refractivity contribution in [1.82, 2.24) is 5.32 Å². The summed E-state index contributed by atoms with van der Waals surface area (Å²) in [6, 6.07) is 19.8. The summed E-state index contributed by atoms with van der Waals surface area (Å²) in [6.07, 6.45) is 0. The van der Waals surface area contributed by atoms with E-state index in [0.717, 1.165) is 11.1 Å². The van der Waals surface area contributed by atoms with Crippen molar-refractivity contribution in [3.05, 3.63) is 94.5 Å². The number of sulfonamides is 1. The Morgan fingerprint density at radius 1 is 0.909 bits per heavy atom. The molecule has 174 valence electrons. The van der Waals surface area contributed by atoms with E-state index >= 15 is 0 Å². The molecule has 0 aliphatic heterocycles. The van der Waals surface area contributed by atoms with E-state index in [1.54, 1.807) is 37.3 Å². The normalized spacial score (nSPS) is 12.8. The molecule has 3 aromatic rings. The maximum absolute atomic E-state index is 13.0. The van der Waals surface area contributed by atoms with Crippen LogP contribution >= 0.6 is 0 Å². The van der Waals surface area contributed by atoms with Gasteiger partial charge in [-0.05, 0) is 72.7 Å². The molecule has 2 N–H and O–H groups in total. The summed E-state index contributed by atoms with van der Waals surface area (Å²) in [6.45, 7) is 12.0. The highest BCUT2D eigenvalue weighted by atomic mass is 32.2. The van der Waals surface area contributed by atoms with Crippen molar-refractivity contribution in [1.29, 1.82) is 0 Å². The molecule has 3 rings (SSSR count). The number of rotatable bonds is 6. The van der Waals surface area contributed by atoms with Crippen LogP contribution in [0.25, 0.3) is 0 Å². The molecule has 1 amide bonds. The van der Waals surface area contributed by atoms with Gasteiger partial charge in [0.15, 0.2) is 0 Å². The van der Waals surface area contributed by atoms with Gasteiger partial charge in [0.1, 0.15) is 0 Å². The number of carbonyl (C=O) groups excluding carboxylic acids is 1. The Kier molecular flexibility index (Phi) is 6.98. The van der Waals surface area contributed by atoms with Crippen LogP contribution in [0.4, 0.5) is 5.69 Å². The molecule has 33 heavy (non-hydrogen) atoms. The number of hydrogen-bond acceptors (Lipinski definition) is 3. The zero-order valence-corrected chi connectivity index (χ0v) is 20.9. The molecule has 0 saturated carbocycles. The number of benzene rings is 3. The zero-order chi connectivity index (χ0) is 24.4. The lowest BCUT2D eigenvalue weighted by Gasteiger charge is -2.21. The van der Waals surface area contributed by atoms with Gasteiger partial charge in [0, 0.05) is 11.3 Å². The standard InChI is InChI=1S/C27H32N2O3S/c1-18-8-7-9-24(16-18)29-33(31,32)25-17-22(11-10-19(25)2)26(30)28-20(3)21-12-14-23(15-13-21)27(4,5)6/h7-17,20,29H,1-6H3,(H,28,30)/t20-/m0/s1. The van der Waals surface area contributed by atoms with E-state index in [9.17, 15) is 13.2 Å². The predicted octanol–water partition coefficient (Wildman–Crippen LogP) is 5.89. The van der Waals surface area contributed by atoms with Crippen LogP contribution in [0.3, 0.4) is 0 Å². The average molecular weight is 465 g/mol. The molecule has 0 bridgehead atoms. The minimum Gasteiger partial charge on any atom is -0.346 e. The van der Waals surface area contributed by atoms with Crippen LogP contribution in [0.2, 0.25) is 0 Å². The largest absolute Gasteiger partial charge is 0.346 e. The van der Waals surface area contributed by atoms with Crippen LogP contribution in [0.1, 0.15) is 66.3 Å². The number of nitrogens with one attached hydrogen (secondary N) is 2. The van der Waals surface area contributed by atoms with Gasteiger partial charge < -0.3 is 5.32 Å². The van der Waals surface area contributed by atoms with Gasteiger partial charge in [-0.3, -0.25) is 9.52 Å². The van der Waals surface area contributed by atoms with Crippen LogP contribution in [-0.4, -0.2) is 14.3 Å². The molecule has 0 aliphatic rings. The first kappa shape index (κ1) is 24.5. The first-order valence-corrected chi connectivity index (χ1v) is 12.5. The van der Waals surface area contributed by atoms with Crippen LogP contribution in [0.15, 0.2) is 71.6 Å². The lowest BCUT2D eigenvalue weighted by atomic mass is 9.86. The lowest BCUT2D eigenvalue weighted by molar-refractivity contribution is 0.0939. The Morgan fingerprint density at radius 3 is 2.18 bits per heavy atom. The Balaban J connectivity index is 1.80. The molecule has 3 aromatic carbocycles. The Hall–Kier alpha value is -3.12. The Labute approximate surface area is 197 Å². The van der Waals surface area contributed by atoms with Gasteiger partial charge in [-0.25, -0.2) is 8.42 Å². The van der Waals surface area contributed by atoms with Gasteiger partial charge in [-0.1, -0.05) is 63.2 Å². The highest BCUT2D eigenvalue weighted by molar-refractivity contribution is 7.92. The van der Waals surface area contributed by atoms with E-state index in [4.69, 9.17) is 0 Å². The highest BCUT2D eigenvalue weighted by Crippen LogP contribution is 2.25. The van der Waals surface area contributed by atoms with Gasteiger partial charge >= 0.3 is 0 Å². The van der Waals surface area contributed by atoms with Crippen molar-refractivity contribution in [2.45, 2.75) is 57.9 Å². The number of anilines is 1. The number of carbonyl (C=O) groups is 1. The predicted molar refractivity (Wildman–Crippen MR) is 134 cm³/mol. The van der Waals surface area contributed by atoms with Crippen LogP contribution < -0.4 is 10.0 Å². The minimum absolute atomic E-state index is 0.0568. The molecule has 0 fully saturated rings. The molecule has 0 heterocycles. The Morgan fingerprint density at radius 2 is 1.58 bits per heavy atom. The first-order valence-electron chi connectivity index (χ1n) is 11.0. The molecular weight excluding hydrogens is 432 g/mol. The van der Waals surface area contributed by atoms with Gasteiger partial charge in [0.2, 0.25) is 0 Å². The maximum Gasteiger partial charge on any atom is 0.262 e. The minimum atomic E-state index is -3.85. The molecule has 5 nitrogen and oxygen atoms in total. The number of amides is 1. The molecule has 6 heteroatoms. The topological polar surface area (TPSA) is 75.3 Å². The Bertz CT molecular complexity index is 1260. The number of hydrogen-bond donors (Lipinski definition) is 2. The van der Waals surface area contributed by atoms with Crippen molar-refractivity contribution < 1.29 is 13.2 Å². The summed E-state index contributed by atoms with van der Waals surface area (Å²) in [5, 5.41) is 2.97. The fourth-order valence-electron chi connectivity index (χ4n) is 3.58. The van der Waals surface area contributed by atoms with Crippen molar-refractivity contribution in [3.8, 4) is 0 Å². The molecule has 0 aromatic heterocycles. The van der Waals surface area contributed by atoms with Gasteiger partial charge in [0.05, 0.1) is 10.9 Å². The van der Waals surface area contributed by atoms with Crippen LogP contribution in [-0.2, 0) is 15.4 Å². The second kappa shape index (κ2) is 9.40. The first-order chi connectivity index (χ1) is 15.4. The molecule has 0 radical (unpaired) electrons. The summed E-state index contributed by atoms with van der Waals surface area (Å²) in [5.74, 6) is -0.325. The van der Waals surface area contributed by atoms with E-state index < -0.39 is 10.0 Å². The third-order valence-corrected chi connectivity index (χ3v) is 7.16. The summed E-state index contributed by atoms with van der Waals surface area (Å²) in [5.41, 5.74) is 4.56. The monoisotopic (exact) mass is 464 g/mol. The fourth-order valence-corrected chi connectivity index (χ4v) is 4.91. The third-order valence-electron chi connectivity index (χ3n) is 5.63. The molecule has 0 aliphatic carbocycles. The SMILES string of the molecule is Cc1cccc(NS(=O)(=O)c2cc(C(=O)N[C@@H](C)c3ccc(C(C)(C)C)cc3)ccc2C)c1. The fraction of sp³-hybridized carbons (Fsp3) is 0.296.